The van der Waals surface area contributed by atoms with E-state index in [2.05, 4.69) is 99.6 Å². The van der Waals surface area contributed by atoms with Crippen molar-refractivity contribution < 1.29 is 0 Å². The van der Waals surface area contributed by atoms with Crippen molar-refractivity contribution in [3.05, 3.63) is 58.2 Å². The van der Waals surface area contributed by atoms with Gasteiger partial charge in [-0.05, 0) is 130 Å². The fraction of sp³-hybridized carbons (Fsp3) is 0.750. The van der Waals surface area contributed by atoms with Crippen LogP contribution in [0.15, 0.2) is 58.2 Å². The van der Waals surface area contributed by atoms with Gasteiger partial charge in [0.25, 0.3) is 0 Å². The normalized spacial score (nSPS) is 15.1. The topological polar surface area (TPSA) is 0 Å². The summed E-state index contributed by atoms with van der Waals surface area (Å²) in [6, 6.07) is 0. The molecule has 0 aromatic heterocycles. The predicted molar refractivity (Wildman–Crippen MR) is 186 cm³/mol. The van der Waals surface area contributed by atoms with E-state index in [1.807, 2.05) is 0 Å². The van der Waals surface area contributed by atoms with Crippen LogP contribution >= 0.6 is 0 Å². The van der Waals surface area contributed by atoms with Gasteiger partial charge in [-0.2, -0.15) is 0 Å². The summed E-state index contributed by atoms with van der Waals surface area (Å²) in [6.45, 7) is 23.1. The number of hydrogen-bond donors (Lipinski definition) is 0. The molecule has 0 saturated heterocycles. The molecule has 0 aliphatic carbocycles. The second-order valence-corrected chi connectivity index (χ2v) is 14.0. The maximum absolute atomic E-state index is 2.51. The first-order valence-corrected chi connectivity index (χ1v) is 17.2. The highest BCUT2D eigenvalue weighted by atomic mass is 14.1. The summed E-state index contributed by atoms with van der Waals surface area (Å²) in [4.78, 5) is 0. The SMILES string of the molecule is CC(C)=CCC/C(C)=C/CC/C(C)=C/CCC(C)CCCCC(C)CCCC(C)CC/C=C(\C)CCC=C(C)C. The molecule has 0 aliphatic heterocycles. The molecule has 0 fully saturated rings. The second-order valence-electron chi connectivity index (χ2n) is 14.0. The van der Waals surface area contributed by atoms with E-state index in [4.69, 9.17) is 0 Å². The molecule has 0 N–H and O–H groups in total. The zero-order valence-electron chi connectivity index (χ0n) is 29.1. The van der Waals surface area contributed by atoms with E-state index < -0.39 is 0 Å². The maximum Gasteiger partial charge on any atom is -0.0288 e. The molecule has 0 bridgehead atoms. The Hall–Kier alpha value is -1.30. The third kappa shape index (κ3) is 26.9. The maximum atomic E-state index is 2.51. The lowest BCUT2D eigenvalue weighted by atomic mass is 9.91. The molecule has 0 aromatic carbocycles. The van der Waals surface area contributed by atoms with E-state index in [1.54, 1.807) is 16.7 Å². The molecule has 0 nitrogen and oxygen atoms in total. The van der Waals surface area contributed by atoms with Gasteiger partial charge in [-0.1, -0.05) is 124 Å². The highest BCUT2D eigenvalue weighted by molar-refractivity contribution is 5.05. The Labute approximate surface area is 254 Å². The van der Waals surface area contributed by atoms with Gasteiger partial charge < -0.3 is 0 Å². The Morgan fingerprint density at radius 1 is 0.375 bits per heavy atom. The van der Waals surface area contributed by atoms with Gasteiger partial charge in [-0.3, -0.25) is 0 Å². The number of hydrogen-bond acceptors (Lipinski definition) is 0. The van der Waals surface area contributed by atoms with Gasteiger partial charge in [-0.25, -0.2) is 0 Å². The summed E-state index contributed by atoms with van der Waals surface area (Å²) in [6.07, 6.45) is 34.5. The molecule has 0 amide bonds. The Morgan fingerprint density at radius 2 is 0.675 bits per heavy atom. The van der Waals surface area contributed by atoms with Crippen LogP contribution in [0.5, 0.6) is 0 Å². The van der Waals surface area contributed by atoms with Crippen molar-refractivity contribution in [3.63, 3.8) is 0 Å². The van der Waals surface area contributed by atoms with Gasteiger partial charge in [0, 0.05) is 0 Å². The quantitative estimate of drug-likeness (QED) is 0.0825. The number of unbranched alkanes of at least 4 members (excludes halogenated alkanes) is 1. The summed E-state index contributed by atoms with van der Waals surface area (Å²) in [5.74, 6) is 2.63. The average molecular weight is 553 g/mol. The van der Waals surface area contributed by atoms with Crippen molar-refractivity contribution in [1.29, 1.82) is 0 Å². The number of allylic oxidation sites excluding steroid dienone is 10. The van der Waals surface area contributed by atoms with Gasteiger partial charge in [-0.15, -0.1) is 0 Å². The first kappa shape index (κ1) is 38.7. The molecule has 0 aliphatic rings. The molecule has 0 aromatic rings. The predicted octanol–water partition coefficient (Wildman–Crippen LogP) is 14.3. The summed E-state index contributed by atoms with van der Waals surface area (Å²) in [7, 11) is 0. The van der Waals surface area contributed by atoms with Crippen molar-refractivity contribution in [2.45, 2.75) is 178 Å². The molecule has 0 heteroatoms. The van der Waals surface area contributed by atoms with Gasteiger partial charge in [0.1, 0.15) is 0 Å². The van der Waals surface area contributed by atoms with Crippen LogP contribution in [0, 0.1) is 17.8 Å². The molecule has 0 saturated carbocycles. The Balaban J connectivity index is 3.85. The van der Waals surface area contributed by atoms with Crippen LogP contribution in [-0.2, 0) is 0 Å². The molecular formula is C40H72. The van der Waals surface area contributed by atoms with Crippen LogP contribution in [0.3, 0.4) is 0 Å². The highest BCUT2D eigenvalue weighted by Gasteiger charge is 2.07. The summed E-state index contributed by atoms with van der Waals surface area (Å²) < 4.78 is 0. The zero-order valence-corrected chi connectivity index (χ0v) is 29.1. The minimum absolute atomic E-state index is 0.863. The van der Waals surface area contributed by atoms with E-state index >= 15 is 0 Å². The van der Waals surface area contributed by atoms with Crippen LogP contribution in [0.25, 0.3) is 0 Å². The minimum Gasteiger partial charge on any atom is -0.0856 e. The van der Waals surface area contributed by atoms with Crippen molar-refractivity contribution in [1.82, 2.24) is 0 Å². The van der Waals surface area contributed by atoms with Crippen molar-refractivity contribution in [2.75, 3.05) is 0 Å². The molecule has 40 heavy (non-hydrogen) atoms. The first-order chi connectivity index (χ1) is 19.0. The standard InChI is InChI=1S/C40H72/c1-33(2)19-13-23-37(7)27-17-31-39(9)29-15-25-35(5)21-11-12-22-36(6)26-16-30-40(10)32-18-28-38(8)24-14-20-34(3)4/h19-20,27-29,35-36,40H,11-18,21-26,30-32H2,1-10H3/b37-27+,38-28+,39-29+. The van der Waals surface area contributed by atoms with Crippen molar-refractivity contribution in [2.24, 2.45) is 17.8 Å². The third-order valence-electron chi connectivity index (χ3n) is 8.56. The molecule has 0 heterocycles. The van der Waals surface area contributed by atoms with Crippen LogP contribution in [0.2, 0.25) is 0 Å². The van der Waals surface area contributed by atoms with Crippen LogP contribution in [-0.4, -0.2) is 0 Å². The molecule has 0 spiro atoms. The first-order valence-electron chi connectivity index (χ1n) is 17.2. The monoisotopic (exact) mass is 553 g/mol. The lowest BCUT2D eigenvalue weighted by Gasteiger charge is -2.15. The van der Waals surface area contributed by atoms with Gasteiger partial charge >= 0.3 is 0 Å². The summed E-state index contributed by atoms with van der Waals surface area (Å²) in [5.41, 5.74) is 7.56. The Kier molecular flexibility index (Phi) is 24.6. The Morgan fingerprint density at radius 3 is 1.05 bits per heavy atom. The summed E-state index contributed by atoms with van der Waals surface area (Å²) >= 11 is 0. The van der Waals surface area contributed by atoms with Crippen LogP contribution in [0.4, 0.5) is 0 Å². The van der Waals surface area contributed by atoms with Crippen LogP contribution in [0.1, 0.15) is 178 Å². The summed E-state index contributed by atoms with van der Waals surface area (Å²) in [5, 5.41) is 0. The Bertz CT molecular complexity index is 760. The van der Waals surface area contributed by atoms with E-state index in [-0.39, 0.29) is 0 Å². The molecule has 0 radical (unpaired) electrons. The van der Waals surface area contributed by atoms with Crippen LogP contribution < -0.4 is 0 Å². The van der Waals surface area contributed by atoms with Crippen molar-refractivity contribution >= 4 is 0 Å². The molecule has 0 rings (SSSR count). The van der Waals surface area contributed by atoms with E-state index in [9.17, 15) is 0 Å². The third-order valence-corrected chi connectivity index (χ3v) is 8.56. The van der Waals surface area contributed by atoms with Gasteiger partial charge in [0.15, 0.2) is 0 Å². The second kappa shape index (κ2) is 25.4. The lowest BCUT2D eigenvalue weighted by molar-refractivity contribution is 0.390. The fourth-order valence-electron chi connectivity index (χ4n) is 5.49. The van der Waals surface area contributed by atoms with Gasteiger partial charge in [0.2, 0.25) is 0 Å². The average Bonchev–Trinajstić information content (AvgIpc) is 2.86. The van der Waals surface area contributed by atoms with E-state index in [1.165, 1.54) is 120 Å². The number of rotatable bonds is 24. The van der Waals surface area contributed by atoms with Crippen molar-refractivity contribution in [3.8, 4) is 0 Å². The minimum atomic E-state index is 0.863. The van der Waals surface area contributed by atoms with E-state index in [0.717, 1.165) is 17.8 Å². The molecule has 3 unspecified atom stereocenters. The fourth-order valence-corrected chi connectivity index (χ4v) is 5.49. The smallest absolute Gasteiger partial charge is 0.0288 e. The molecule has 3 atom stereocenters. The lowest BCUT2D eigenvalue weighted by Crippen LogP contribution is -2.00. The van der Waals surface area contributed by atoms with E-state index in [0.29, 0.717) is 0 Å². The van der Waals surface area contributed by atoms with Gasteiger partial charge in [0.05, 0.1) is 0 Å². The molecule has 232 valence electrons. The largest absolute Gasteiger partial charge is 0.0856 e. The highest BCUT2D eigenvalue weighted by Crippen LogP contribution is 2.23. The molecular weight excluding hydrogens is 480 g/mol. The zero-order chi connectivity index (χ0) is 30.2.